The van der Waals surface area contributed by atoms with Crippen LogP contribution in [0.25, 0.3) is 0 Å². The number of amides is 1. The van der Waals surface area contributed by atoms with Gasteiger partial charge in [0.25, 0.3) is 15.9 Å². The van der Waals surface area contributed by atoms with Gasteiger partial charge in [0.2, 0.25) is 0 Å². The van der Waals surface area contributed by atoms with Crippen LogP contribution in [-0.2, 0) is 16.6 Å². The van der Waals surface area contributed by atoms with E-state index in [-0.39, 0.29) is 29.0 Å². The molecule has 0 saturated carbocycles. The quantitative estimate of drug-likeness (QED) is 0.243. The second-order valence-electron chi connectivity index (χ2n) is 9.96. The molecule has 0 aromatic heterocycles. The van der Waals surface area contributed by atoms with Crippen LogP contribution in [-0.4, -0.2) is 14.3 Å². The number of aryl methyl sites for hydroxylation is 4. The summed E-state index contributed by atoms with van der Waals surface area (Å²) >= 11 is 6.08. The van der Waals surface area contributed by atoms with E-state index in [4.69, 9.17) is 11.6 Å². The van der Waals surface area contributed by atoms with E-state index in [0.29, 0.717) is 10.7 Å². The Bertz CT molecular complexity index is 1600. The Kier molecular flexibility index (Phi) is 8.48. The van der Waals surface area contributed by atoms with Crippen molar-refractivity contribution in [2.45, 2.75) is 52.1 Å². The summed E-state index contributed by atoms with van der Waals surface area (Å²) in [6.07, 6.45) is 0. The number of carbonyl (C=O) groups excluding carboxylic acids is 1. The van der Waals surface area contributed by atoms with Gasteiger partial charge in [0.15, 0.2) is 0 Å². The summed E-state index contributed by atoms with van der Waals surface area (Å²) in [4.78, 5) is 13.8. The second-order valence-corrected chi connectivity index (χ2v) is 12.3. The van der Waals surface area contributed by atoms with Crippen molar-refractivity contribution < 1.29 is 13.2 Å². The molecule has 202 valence electrons. The first-order valence-electron chi connectivity index (χ1n) is 12.8. The van der Waals surface area contributed by atoms with Crippen LogP contribution in [0.3, 0.4) is 0 Å². The molecule has 4 rings (SSSR count). The first-order chi connectivity index (χ1) is 18.5. The molecule has 39 heavy (non-hydrogen) atoms. The van der Waals surface area contributed by atoms with Gasteiger partial charge in [0.1, 0.15) is 0 Å². The summed E-state index contributed by atoms with van der Waals surface area (Å²) in [6, 6.07) is 24.5. The number of para-hydroxylation sites is 1. The lowest BCUT2D eigenvalue weighted by Gasteiger charge is -2.27. The van der Waals surface area contributed by atoms with E-state index in [1.54, 1.807) is 72.8 Å². The Labute approximate surface area is 236 Å². The Morgan fingerprint density at radius 1 is 0.846 bits per heavy atom. The Morgan fingerprint density at radius 3 is 2.13 bits per heavy atom. The summed E-state index contributed by atoms with van der Waals surface area (Å²) < 4.78 is 29.3. The third kappa shape index (κ3) is 6.35. The molecule has 0 radical (unpaired) electrons. The van der Waals surface area contributed by atoms with Gasteiger partial charge in [-0.25, -0.2) is 8.42 Å². The van der Waals surface area contributed by atoms with Gasteiger partial charge in [-0.15, -0.1) is 0 Å². The van der Waals surface area contributed by atoms with Gasteiger partial charge in [0.05, 0.1) is 28.7 Å². The molecule has 0 spiro atoms. The van der Waals surface area contributed by atoms with Crippen LogP contribution in [0.4, 0.5) is 5.69 Å². The van der Waals surface area contributed by atoms with Crippen LogP contribution in [0.1, 0.15) is 56.7 Å². The fourth-order valence-electron chi connectivity index (χ4n) is 4.58. The molecule has 1 N–H and O–H groups in total. The third-order valence-electron chi connectivity index (χ3n) is 6.96. The van der Waals surface area contributed by atoms with E-state index < -0.39 is 10.0 Å². The van der Waals surface area contributed by atoms with Gasteiger partial charge in [-0.3, -0.25) is 9.10 Å². The number of nitrogens with one attached hydrogen (secondary N) is 1. The van der Waals surface area contributed by atoms with Crippen molar-refractivity contribution in [3.05, 3.63) is 129 Å². The number of nitrogens with zero attached hydrogens (tertiary/aromatic N) is 1. The predicted octanol–water partition coefficient (Wildman–Crippen LogP) is 7.46. The normalized spacial score (nSPS) is 12.2. The van der Waals surface area contributed by atoms with Crippen molar-refractivity contribution in [3.63, 3.8) is 0 Å². The molecule has 0 saturated heterocycles. The molecule has 0 aliphatic carbocycles. The van der Waals surface area contributed by atoms with Crippen LogP contribution >= 0.6 is 11.6 Å². The Morgan fingerprint density at radius 2 is 1.46 bits per heavy atom. The molecular formula is C32H33ClN2O3S. The lowest BCUT2D eigenvalue weighted by atomic mass is 9.96. The summed E-state index contributed by atoms with van der Waals surface area (Å²) in [5.41, 5.74) is 6.72. The highest BCUT2D eigenvalue weighted by Crippen LogP contribution is 2.31. The molecule has 0 bridgehead atoms. The van der Waals surface area contributed by atoms with E-state index in [2.05, 4.69) is 24.4 Å². The molecular weight excluding hydrogens is 528 g/mol. The highest BCUT2D eigenvalue weighted by atomic mass is 35.5. The number of halogens is 1. The van der Waals surface area contributed by atoms with Crippen LogP contribution in [0.15, 0.2) is 89.8 Å². The molecule has 0 heterocycles. The maximum Gasteiger partial charge on any atom is 0.264 e. The van der Waals surface area contributed by atoms with Crippen molar-refractivity contribution in [2.24, 2.45) is 0 Å². The second kappa shape index (κ2) is 11.6. The number of sulfonamides is 1. The Hall–Kier alpha value is -3.61. The van der Waals surface area contributed by atoms with Crippen molar-refractivity contribution in [1.29, 1.82) is 0 Å². The van der Waals surface area contributed by atoms with E-state index in [0.717, 1.165) is 27.8 Å². The van der Waals surface area contributed by atoms with Crippen molar-refractivity contribution >= 4 is 33.2 Å². The third-order valence-corrected chi connectivity index (χ3v) is 8.99. The molecule has 0 fully saturated rings. The summed E-state index contributed by atoms with van der Waals surface area (Å²) in [5.74, 6) is -0.351. The van der Waals surface area contributed by atoms with Crippen molar-refractivity contribution in [3.8, 4) is 0 Å². The van der Waals surface area contributed by atoms with E-state index in [1.165, 1.54) is 9.87 Å². The number of anilines is 1. The minimum atomic E-state index is -4.01. The first kappa shape index (κ1) is 28.4. The number of hydrogen-bond donors (Lipinski definition) is 1. The average Bonchev–Trinajstić information content (AvgIpc) is 2.90. The zero-order valence-corrected chi connectivity index (χ0v) is 24.4. The lowest BCUT2D eigenvalue weighted by molar-refractivity contribution is 0.0940. The number of rotatable bonds is 8. The summed E-state index contributed by atoms with van der Waals surface area (Å²) in [7, 11) is -4.01. The number of benzene rings is 4. The van der Waals surface area contributed by atoms with Gasteiger partial charge in [0, 0.05) is 5.02 Å². The predicted molar refractivity (Wildman–Crippen MR) is 159 cm³/mol. The van der Waals surface area contributed by atoms with Crippen LogP contribution < -0.4 is 9.62 Å². The molecule has 1 atom stereocenters. The van der Waals surface area contributed by atoms with Crippen LogP contribution in [0.5, 0.6) is 0 Å². The topological polar surface area (TPSA) is 66.5 Å². The van der Waals surface area contributed by atoms with E-state index in [9.17, 15) is 13.2 Å². The molecule has 0 unspecified atom stereocenters. The SMILES string of the molecule is Cc1ccc(S(=O)(=O)N(Cc2ccc(Cl)cc2)c2ccccc2C(=O)N[C@@H](C)c2cc(C)c(C)cc2C)cc1. The molecule has 5 nitrogen and oxygen atoms in total. The fraction of sp³-hybridized carbons (Fsp3) is 0.219. The number of carbonyl (C=O) groups is 1. The molecule has 0 aliphatic rings. The van der Waals surface area contributed by atoms with Crippen molar-refractivity contribution in [2.75, 3.05) is 4.31 Å². The highest BCUT2D eigenvalue weighted by Gasteiger charge is 2.29. The lowest BCUT2D eigenvalue weighted by Crippen LogP contribution is -2.34. The van der Waals surface area contributed by atoms with Gasteiger partial charge >= 0.3 is 0 Å². The summed E-state index contributed by atoms with van der Waals surface area (Å²) in [6.45, 7) is 10.0. The molecule has 7 heteroatoms. The van der Waals surface area contributed by atoms with Gasteiger partial charge in [-0.2, -0.15) is 0 Å². The van der Waals surface area contributed by atoms with E-state index in [1.807, 2.05) is 27.7 Å². The maximum absolute atomic E-state index is 14.0. The molecule has 4 aromatic carbocycles. The van der Waals surface area contributed by atoms with Crippen molar-refractivity contribution in [1.82, 2.24) is 5.32 Å². The van der Waals surface area contributed by atoms with Gasteiger partial charge in [-0.05, 0) is 98.8 Å². The average molecular weight is 561 g/mol. The maximum atomic E-state index is 14.0. The van der Waals surface area contributed by atoms with Gasteiger partial charge in [-0.1, -0.05) is 65.7 Å². The monoisotopic (exact) mass is 560 g/mol. The van der Waals surface area contributed by atoms with Crippen LogP contribution in [0.2, 0.25) is 5.02 Å². The van der Waals surface area contributed by atoms with Crippen LogP contribution in [0, 0.1) is 27.7 Å². The number of hydrogen-bond acceptors (Lipinski definition) is 3. The first-order valence-corrected chi connectivity index (χ1v) is 14.6. The van der Waals surface area contributed by atoms with E-state index >= 15 is 0 Å². The summed E-state index contributed by atoms with van der Waals surface area (Å²) in [5, 5.41) is 3.64. The van der Waals surface area contributed by atoms with Gasteiger partial charge < -0.3 is 5.32 Å². The Balaban J connectivity index is 1.75. The minimum Gasteiger partial charge on any atom is -0.345 e. The smallest absolute Gasteiger partial charge is 0.264 e. The molecule has 0 aliphatic heterocycles. The standard InChI is InChI=1S/C32H33ClN2O3S/c1-21-10-16-28(17-11-21)39(37,38)35(20-26-12-14-27(33)15-13-26)31-9-7-6-8-29(31)32(36)34-25(5)30-19-23(3)22(2)18-24(30)4/h6-19,25H,20H2,1-5H3,(H,34,36)/t25-/m0/s1. The zero-order chi connectivity index (χ0) is 28.3. The molecule has 1 amide bonds. The largest absolute Gasteiger partial charge is 0.345 e. The zero-order valence-electron chi connectivity index (χ0n) is 22.8. The fourth-order valence-corrected chi connectivity index (χ4v) is 6.18. The molecule has 4 aromatic rings. The minimum absolute atomic E-state index is 0.0312. The highest BCUT2D eigenvalue weighted by molar-refractivity contribution is 7.92.